The Kier molecular flexibility index (Phi) is 5.73. The smallest absolute Gasteiger partial charge is 0.318 e. The number of hydrogen-bond donors (Lipinski definition) is 2. The lowest BCUT2D eigenvalue weighted by Crippen LogP contribution is -2.52. The fourth-order valence-electron chi connectivity index (χ4n) is 2.96. The molecule has 1 fully saturated rings. The maximum Gasteiger partial charge on any atom is 0.318 e. The number of rotatable bonds is 5. The molecule has 2 amide bonds. The van der Waals surface area contributed by atoms with Crippen molar-refractivity contribution in [3.63, 3.8) is 0 Å². The molecule has 2 N–H and O–H groups in total. The van der Waals surface area contributed by atoms with Crippen LogP contribution < -0.4 is 5.32 Å². The molecule has 0 bridgehead atoms. The van der Waals surface area contributed by atoms with Crippen molar-refractivity contribution in [1.29, 1.82) is 0 Å². The molecule has 0 spiro atoms. The van der Waals surface area contributed by atoms with Gasteiger partial charge in [-0.25, -0.2) is 4.79 Å². The maximum absolute atomic E-state index is 12.6. The average Bonchev–Trinajstić information content (AvgIpc) is 3.16. The highest BCUT2D eigenvalue weighted by Crippen LogP contribution is 2.23. The number of carbonyl (C=O) groups excluding carboxylic acids is 1. The lowest BCUT2D eigenvalue weighted by atomic mass is 10.1. The molecular weight excluding hydrogens is 320 g/mol. The zero-order chi connectivity index (χ0) is 17.6. The Morgan fingerprint density at radius 2 is 2.16 bits per heavy atom. The van der Waals surface area contributed by atoms with Crippen molar-refractivity contribution >= 4 is 6.03 Å². The molecule has 1 aliphatic rings. The molecule has 0 radical (unpaired) electrons. The fourth-order valence-corrected chi connectivity index (χ4v) is 2.96. The standard InChI is InChI=1S/C19H24N2O4/c1-14-4-6-15(7-5-14)12-20-19(23)21-8-10-24-13-16(21)11-17(22)18-3-2-9-25-18/h2-7,9,16-17,22H,8,10-13H2,1H3,(H,20,23). The lowest BCUT2D eigenvalue weighted by molar-refractivity contribution is -0.00974. The van der Waals surface area contributed by atoms with Gasteiger partial charge < -0.3 is 24.5 Å². The summed E-state index contributed by atoms with van der Waals surface area (Å²) in [7, 11) is 0. The van der Waals surface area contributed by atoms with Crippen LogP contribution in [0.3, 0.4) is 0 Å². The predicted octanol–water partition coefficient (Wildman–Crippen LogP) is 2.62. The molecule has 134 valence electrons. The summed E-state index contributed by atoms with van der Waals surface area (Å²) in [5, 5.41) is 13.2. The fraction of sp³-hybridized carbons (Fsp3) is 0.421. The van der Waals surface area contributed by atoms with Crippen LogP contribution in [0.25, 0.3) is 0 Å². The van der Waals surface area contributed by atoms with Crippen LogP contribution in [-0.4, -0.2) is 41.8 Å². The van der Waals surface area contributed by atoms with Gasteiger partial charge >= 0.3 is 6.03 Å². The summed E-state index contributed by atoms with van der Waals surface area (Å²) in [6.45, 7) is 3.94. The van der Waals surface area contributed by atoms with E-state index in [1.165, 1.54) is 11.8 Å². The second-order valence-corrected chi connectivity index (χ2v) is 6.33. The Morgan fingerprint density at radius 1 is 1.36 bits per heavy atom. The summed E-state index contributed by atoms with van der Waals surface area (Å²) in [5.74, 6) is 0.505. The average molecular weight is 344 g/mol. The van der Waals surface area contributed by atoms with E-state index >= 15 is 0 Å². The molecule has 3 rings (SSSR count). The van der Waals surface area contributed by atoms with Crippen molar-refractivity contribution < 1.29 is 19.1 Å². The third-order valence-electron chi connectivity index (χ3n) is 4.42. The second kappa shape index (κ2) is 8.18. The van der Waals surface area contributed by atoms with Crippen molar-refractivity contribution in [1.82, 2.24) is 10.2 Å². The van der Waals surface area contributed by atoms with E-state index in [2.05, 4.69) is 5.32 Å². The molecule has 1 saturated heterocycles. The number of carbonyl (C=O) groups is 1. The summed E-state index contributed by atoms with van der Waals surface area (Å²) < 4.78 is 10.7. The van der Waals surface area contributed by atoms with E-state index in [4.69, 9.17) is 9.15 Å². The first-order chi connectivity index (χ1) is 12.1. The summed E-state index contributed by atoms with van der Waals surface area (Å²) in [4.78, 5) is 14.3. The highest BCUT2D eigenvalue weighted by atomic mass is 16.5. The third kappa shape index (κ3) is 4.61. The molecule has 2 aromatic rings. The van der Waals surface area contributed by atoms with Gasteiger partial charge in [-0.3, -0.25) is 0 Å². The van der Waals surface area contributed by atoms with Crippen LogP contribution in [0.5, 0.6) is 0 Å². The molecule has 1 aliphatic heterocycles. The topological polar surface area (TPSA) is 74.9 Å². The molecule has 6 nitrogen and oxygen atoms in total. The van der Waals surface area contributed by atoms with E-state index in [0.717, 1.165) is 5.56 Å². The third-order valence-corrected chi connectivity index (χ3v) is 4.42. The highest BCUT2D eigenvalue weighted by molar-refractivity contribution is 5.74. The van der Waals surface area contributed by atoms with Gasteiger partial charge in [0.25, 0.3) is 0 Å². The molecule has 0 saturated carbocycles. The SMILES string of the molecule is Cc1ccc(CNC(=O)N2CCOCC2CC(O)c2ccco2)cc1. The minimum Gasteiger partial charge on any atom is -0.467 e. The number of aliphatic hydroxyl groups excluding tert-OH is 1. The number of morpholine rings is 1. The number of aliphatic hydroxyl groups is 1. The Balaban J connectivity index is 1.57. The molecule has 2 unspecified atom stereocenters. The van der Waals surface area contributed by atoms with Gasteiger partial charge in [0.1, 0.15) is 11.9 Å². The van der Waals surface area contributed by atoms with E-state index in [1.54, 1.807) is 17.0 Å². The largest absolute Gasteiger partial charge is 0.467 e. The van der Waals surface area contributed by atoms with E-state index in [0.29, 0.717) is 38.5 Å². The Labute approximate surface area is 147 Å². The summed E-state index contributed by atoms with van der Waals surface area (Å²) in [6.07, 6.45) is 1.15. The van der Waals surface area contributed by atoms with Gasteiger partial charge in [-0.05, 0) is 24.6 Å². The van der Waals surface area contributed by atoms with Crippen LogP contribution in [0.4, 0.5) is 4.79 Å². The molecule has 1 aromatic carbocycles. The molecule has 6 heteroatoms. The van der Waals surface area contributed by atoms with Gasteiger partial charge in [-0.1, -0.05) is 29.8 Å². The highest BCUT2D eigenvalue weighted by Gasteiger charge is 2.30. The van der Waals surface area contributed by atoms with Crippen molar-refractivity contribution in [2.24, 2.45) is 0 Å². The van der Waals surface area contributed by atoms with E-state index < -0.39 is 6.10 Å². The van der Waals surface area contributed by atoms with Gasteiger partial charge in [-0.15, -0.1) is 0 Å². The number of hydrogen-bond acceptors (Lipinski definition) is 4. The minimum absolute atomic E-state index is 0.138. The van der Waals surface area contributed by atoms with E-state index in [9.17, 15) is 9.90 Å². The number of aryl methyl sites for hydroxylation is 1. The summed E-state index contributed by atoms with van der Waals surface area (Å²) in [5.41, 5.74) is 2.25. The van der Waals surface area contributed by atoms with Crippen LogP contribution >= 0.6 is 0 Å². The predicted molar refractivity (Wildman–Crippen MR) is 93.0 cm³/mol. The molecule has 0 aliphatic carbocycles. The van der Waals surface area contributed by atoms with Crippen LogP contribution in [-0.2, 0) is 11.3 Å². The van der Waals surface area contributed by atoms with Gasteiger partial charge in [-0.2, -0.15) is 0 Å². The quantitative estimate of drug-likeness (QED) is 0.874. The van der Waals surface area contributed by atoms with Gasteiger partial charge in [0, 0.05) is 19.5 Å². The van der Waals surface area contributed by atoms with Crippen LogP contribution in [0.2, 0.25) is 0 Å². The van der Waals surface area contributed by atoms with E-state index in [1.807, 2.05) is 31.2 Å². The minimum atomic E-state index is -0.755. The Bertz CT molecular complexity index is 669. The van der Waals surface area contributed by atoms with Crippen molar-refractivity contribution in [2.45, 2.75) is 32.0 Å². The van der Waals surface area contributed by atoms with Crippen LogP contribution in [0.15, 0.2) is 47.1 Å². The van der Waals surface area contributed by atoms with Crippen molar-refractivity contribution in [3.8, 4) is 0 Å². The molecule has 2 heterocycles. The van der Waals surface area contributed by atoms with Crippen LogP contribution in [0, 0.1) is 6.92 Å². The summed E-state index contributed by atoms with van der Waals surface area (Å²) >= 11 is 0. The zero-order valence-corrected chi connectivity index (χ0v) is 14.4. The van der Waals surface area contributed by atoms with Crippen molar-refractivity contribution in [2.75, 3.05) is 19.8 Å². The number of amides is 2. The molecular formula is C19H24N2O4. The Morgan fingerprint density at radius 3 is 2.88 bits per heavy atom. The van der Waals surface area contributed by atoms with Crippen LogP contribution in [0.1, 0.15) is 29.4 Å². The normalized spacial score (nSPS) is 18.8. The second-order valence-electron chi connectivity index (χ2n) is 6.33. The number of nitrogens with one attached hydrogen (secondary N) is 1. The monoisotopic (exact) mass is 344 g/mol. The number of benzene rings is 1. The summed E-state index contributed by atoms with van der Waals surface area (Å²) in [6, 6.07) is 11.2. The molecule has 25 heavy (non-hydrogen) atoms. The molecule has 2 atom stereocenters. The van der Waals surface area contributed by atoms with Gasteiger partial charge in [0.15, 0.2) is 0 Å². The van der Waals surface area contributed by atoms with Gasteiger partial charge in [0.2, 0.25) is 0 Å². The number of nitrogens with zero attached hydrogens (tertiary/aromatic N) is 1. The first kappa shape index (κ1) is 17.5. The maximum atomic E-state index is 12.6. The number of urea groups is 1. The zero-order valence-electron chi connectivity index (χ0n) is 14.4. The first-order valence-corrected chi connectivity index (χ1v) is 8.52. The van der Waals surface area contributed by atoms with E-state index in [-0.39, 0.29) is 12.1 Å². The first-order valence-electron chi connectivity index (χ1n) is 8.52. The number of furan rings is 1. The molecule has 1 aromatic heterocycles. The Hall–Kier alpha value is -2.31. The number of ether oxygens (including phenoxy) is 1. The van der Waals surface area contributed by atoms with Gasteiger partial charge in [0.05, 0.1) is 25.5 Å². The van der Waals surface area contributed by atoms with Crippen molar-refractivity contribution in [3.05, 3.63) is 59.5 Å². The lowest BCUT2D eigenvalue weighted by Gasteiger charge is -2.36.